The summed E-state index contributed by atoms with van der Waals surface area (Å²) in [6.45, 7) is 2.85. The van der Waals surface area contributed by atoms with E-state index in [0.717, 1.165) is 16.6 Å². The van der Waals surface area contributed by atoms with Gasteiger partial charge < -0.3 is 10.3 Å². The number of hydrogen-bond donors (Lipinski definition) is 2. The van der Waals surface area contributed by atoms with E-state index >= 15 is 0 Å². The lowest BCUT2D eigenvalue weighted by molar-refractivity contribution is 0.514. The van der Waals surface area contributed by atoms with Crippen molar-refractivity contribution in [2.24, 2.45) is 0 Å². The highest BCUT2D eigenvalue weighted by molar-refractivity contribution is 7.99. The van der Waals surface area contributed by atoms with Crippen molar-refractivity contribution in [2.45, 2.75) is 44.0 Å². The molecule has 3 rings (SSSR count). The number of aromatic amines is 1. The molecule has 1 aliphatic rings. The fraction of sp³-hybridized carbons (Fsp3) is 0.500. The molecule has 1 fully saturated rings. The molecule has 0 aliphatic heterocycles. The number of benzene rings is 1. The summed E-state index contributed by atoms with van der Waals surface area (Å²) >= 11 is 2.06. The minimum atomic E-state index is -0.0526. The van der Waals surface area contributed by atoms with Crippen molar-refractivity contribution < 1.29 is 0 Å². The quantitative estimate of drug-likeness (QED) is 0.891. The second-order valence-electron chi connectivity index (χ2n) is 5.50. The molecule has 2 atom stereocenters. The maximum absolute atomic E-state index is 12.0. The number of H-pyrrole nitrogens is 1. The third-order valence-electron chi connectivity index (χ3n) is 4.01. The smallest absolute Gasteiger partial charge is 0.258 e. The first kappa shape index (κ1) is 14.6. The maximum atomic E-state index is 12.0. The van der Waals surface area contributed by atoms with E-state index in [1.54, 1.807) is 0 Å². The van der Waals surface area contributed by atoms with Crippen LogP contribution < -0.4 is 10.9 Å². The zero-order valence-electron chi connectivity index (χ0n) is 12.3. The first-order valence-corrected chi connectivity index (χ1v) is 8.64. The van der Waals surface area contributed by atoms with Gasteiger partial charge >= 0.3 is 0 Å². The standard InChI is InChI=1S/C16H21N3OS/c1-2-21-12-8-7-11(9-12)17-10-15-18-14-6-4-3-5-13(14)16(20)19-15/h3-6,11-12,17H,2,7-10H2,1H3,(H,18,19,20). The molecule has 1 aromatic carbocycles. The minimum absolute atomic E-state index is 0.0526. The Morgan fingerprint density at radius 1 is 1.38 bits per heavy atom. The molecule has 0 spiro atoms. The molecule has 0 amide bonds. The lowest BCUT2D eigenvalue weighted by atomic mass is 10.2. The Morgan fingerprint density at radius 3 is 3.10 bits per heavy atom. The van der Waals surface area contributed by atoms with Crippen LogP contribution in [0.15, 0.2) is 29.1 Å². The van der Waals surface area contributed by atoms with Crippen molar-refractivity contribution in [1.82, 2.24) is 15.3 Å². The molecule has 2 aromatic rings. The van der Waals surface area contributed by atoms with Gasteiger partial charge in [0.15, 0.2) is 0 Å². The molecule has 5 heteroatoms. The van der Waals surface area contributed by atoms with Crippen LogP contribution >= 0.6 is 11.8 Å². The van der Waals surface area contributed by atoms with E-state index in [0.29, 0.717) is 18.0 Å². The number of rotatable bonds is 5. The van der Waals surface area contributed by atoms with E-state index in [4.69, 9.17) is 0 Å². The third-order valence-corrected chi connectivity index (χ3v) is 5.24. The van der Waals surface area contributed by atoms with E-state index in [1.165, 1.54) is 25.0 Å². The van der Waals surface area contributed by atoms with Gasteiger partial charge in [-0.1, -0.05) is 19.1 Å². The normalized spacial score (nSPS) is 22.0. The summed E-state index contributed by atoms with van der Waals surface area (Å²) in [5.41, 5.74) is 0.715. The van der Waals surface area contributed by atoms with Gasteiger partial charge in [0, 0.05) is 11.3 Å². The molecule has 21 heavy (non-hydrogen) atoms. The minimum Gasteiger partial charge on any atom is -0.309 e. The largest absolute Gasteiger partial charge is 0.309 e. The Labute approximate surface area is 128 Å². The molecule has 112 valence electrons. The number of nitrogens with one attached hydrogen (secondary N) is 2. The molecule has 4 nitrogen and oxygen atoms in total. The van der Waals surface area contributed by atoms with Crippen molar-refractivity contribution in [1.29, 1.82) is 0 Å². The predicted molar refractivity (Wildman–Crippen MR) is 88.8 cm³/mol. The molecular weight excluding hydrogens is 282 g/mol. The van der Waals surface area contributed by atoms with Crippen LogP contribution in [0.5, 0.6) is 0 Å². The van der Waals surface area contributed by atoms with Crippen LogP contribution in [0, 0.1) is 0 Å². The number of fused-ring (bicyclic) bond motifs is 1. The Morgan fingerprint density at radius 2 is 2.24 bits per heavy atom. The monoisotopic (exact) mass is 303 g/mol. The zero-order valence-corrected chi connectivity index (χ0v) is 13.1. The number of thioether (sulfide) groups is 1. The summed E-state index contributed by atoms with van der Waals surface area (Å²) in [5.74, 6) is 1.92. The van der Waals surface area contributed by atoms with Crippen molar-refractivity contribution in [3.63, 3.8) is 0 Å². The van der Waals surface area contributed by atoms with Gasteiger partial charge in [-0.3, -0.25) is 4.79 Å². The van der Waals surface area contributed by atoms with Gasteiger partial charge in [-0.25, -0.2) is 4.98 Å². The van der Waals surface area contributed by atoms with Crippen molar-refractivity contribution in [2.75, 3.05) is 5.75 Å². The summed E-state index contributed by atoms with van der Waals surface area (Å²) in [6, 6.07) is 8.02. The summed E-state index contributed by atoms with van der Waals surface area (Å²) in [4.78, 5) is 19.4. The molecule has 0 bridgehead atoms. The maximum Gasteiger partial charge on any atom is 0.258 e. The van der Waals surface area contributed by atoms with Gasteiger partial charge in [-0.05, 0) is 37.1 Å². The topological polar surface area (TPSA) is 57.8 Å². The highest BCUT2D eigenvalue weighted by Gasteiger charge is 2.24. The Kier molecular flexibility index (Phi) is 4.60. The average molecular weight is 303 g/mol. The van der Waals surface area contributed by atoms with Crippen molar-refractivity contribution in [3.8, 4) is 0 Å². The molecular formula is C16H21N3OS. The van der Waals surface area contributed by atoms with Gasteiger partial charge in [0.2, 0.25) is 0 Å². The highest BCUT2D eigenvalue weighted by Crippen LogP contribution is 2.29. The number of aromatic nitrogens is 2. The number of nitrogens with zero attached hydrogens (tertiary/aromatic N) is 1. The third kappa shape index (κ3) is 3.47. The summed E-state index contributed by atoms with van der Waals surface area (Å²) < 4.78 is 0. The van der Waals surface area contributed by atoms with Gasteiger partial charge in [0.25, 0.3) is 5.56 Å². The zero-order chi connectivity index (χ0) is 14.7. The highest BCUT2D eigenvalue weighted by atomic mass is 32.2. The molecule has 1 saturated carbocycles. The summed E-state index contributed by atoms with van der Waals surface area (Å²) in [5, 5.41) is 4.97. The van der Waals surface area contributed by atoms with Crippen LogP contribution in [-0.2, 0) is 6.54 Å². The Balaban J connectivity index is 1.65. The molecule has 2 N–H and O–H groups in total. The fourth-order valence-corrected chi connectivity index (χ4v) is 4.11. The van der Waals surface area contributed by atoms with E-state index in [2.05, 4.69) is 34.0 Å². The Hall–Kier alpha value is -1.33. The average Bonchev–Trinajstić information content (AvgIpc) is 2.93. The van der Waals surface area contributed by atoms with Crippen molar-refractivity contribution >= 4 is 22.7 Å². The van der Waals surface area contributed by atoms with E-state index in [-0.39, 0.29) is 5.56 Å². The molecule has 1 aliphatic carbocycles. The van der Waals surface area contributed by atoms with Crippen LogP contribution in [0.3, 0.4) is 0 Å². The lowest BCUT2D eigenvalue weighted by Gasteiger charge is -2.12. The number of para-hydroxylation sites is 1. The van der Waals surface area contributed by atoms with Crippen LogP contribution in [0.4, 0.5) is 0 Å². The van der Waals surface area contributed by atoms with Gasteiger partial charge in [-0.15, -0.1) is 0 Å². The van der Waals surface area contributed by atoms with Gasteiger partial charge in [0.05, 0.1) is 17.4 Å². The molecule has 2 unspecified atom stereocenters. The van der Waals surface area contributed by atoms with Crippen LogP contribution in [0.2, 0.25) is 0 Å². The van der Waals surface area contributed by atoms with Crippen LogP contribution in [0.1, 0.15) is 32.0 Å². The first-order valence-electron chi connectivity index (χ1n) is 7.59. The second kappa shape index (κ2) is 6.62. The summed E-state index contributed by atoms with van der Waals surface area (Å²) in [7, 11) is 0. The number of hydrogen-bond acceptors (Lipinski definition) is 4. The van der Waals surface area contributed by atoms with E-state index in [9.17, 15) is 4.79 Å². The first-order chi connectivity index (χ1) is 10.3. The predicted octanol–water partition coefficient (Wildman–Crippen LogP) is 2.69. The fourth-order valence-electron chi connectivity index (χ4n) is 2.97. The molecule has 1 aromatic heterocycles. The Bertz CT molecular complexity index is 670. The van der Waals surface area contributed by atoms with Gasteiger partial charge in [-0.2, -0.15) is 11.8 Å². The SMILES string of the molecule is CCSC1CCC(NCc2nc3ccccc3c(=O)[nH]2)C1. The second-order valence-corrected chi connectivity index (χ2v) is 7.08. The van der Waals surface area contributed by atoms with Crippen molar-refractivity contribution in [3.05, 3.63) is 40.4 Å². The van der Waals surface area contributed by atoms with E-state index in [1.807, 2.05) is 24.3 Å². The van der Waals surface area contributed by atoms with E-state index < -0.39 is 0 Å². The molecule has 0 saturated heterocycles. The summed E-state index contributed by atoms with van der Waals surface area (Å²) in [6.07, 6.45) is 3.73. The van der Waals surface area contributed by atoms with Gasteiger partial charge in [0.1, 0.15) is 5.82 Å². The van der Waals surface area contributed by atoms with Crippen LogP contribution in [-0.4, -0.2) is 27.0 Å². The molecule has 0 radical (unpaired) electrons. The lowest BCUT2D eigenvalue weighted by Crippen LogP contribution is -2.28. The molecule has 1 heterocycles. The van der Waals surface area contributed by atoms with Crippen LogP contribution in [0.25, 0.3) is 10.9 Å².